The summed E-state index contributed by atoms with van der Waals surface area (Å²) in [4.78, 5) is 27.2. The maximum atomic E-state index is 12.8. The summed E-state index contributed by atoms with van der Waals surface area (Å²) in [5.74, 6) is 0.0882. The van der Waals surface area contributed by atoms with E-state index in [1.54, 1.807) is 0 Å². The third kappa shape index (κ3) is 5.56. The first-order valence-electron chi connectivity index (χ1n) is 9.72. The Bertz CT molecular complexity index is 609. The predicted octanol–water partition coefficient (Wildman–Crippen LogP) is 3.28. The molecule has 0 radical (unpaired) electrons. The lowest BCUT2D eigenvalue weighted by atomic mass is 10.1. The summed E-state index contributed by atoms with van der Waals surface area (Å²) in [5.41, 5.74) is 4.22. The van der Waals surface area contributed by atoms with E-state index in [1.807, 2.05) is 32.6 Å². The van der Waals surface area contributed by atoms with E-state index in [2.05, 4.69) is 38.2 Å². The van der Waals surface area contributed by atoms with Gasteiger partial charge in [0.1, 0.15) is 0 Å². The molecule has 1 rings (SSSR count). The molecule has 0 aromatic heterocycles. The van der Waals surface area contributed by atoms with Crippen LogP contribution in [0.25, 0.3) is 0 Å². The van der Waals surface area contributed by atoms with E-state index in [9.17, 15) is 9.59 Å². The Morgan fingerprint density at radius 3 is 1.85 bits per heavy atom. The summed E-state index contributed by atoms with van der Waals surface area (Å²) in [5, 5.41) is 3.08. The molecule has 1 aromatic rings. The Morgan fingerprint density at radius 1 is 0.923 bits per heavy atom. The average molecular weight is 363 g/mol. The lowest BCUT2D eigenvalue weighted by Gasteiger charge is -2.37. The van der Waals surface area contributed by atoms with Gasteiger partial charge in [-0.25, -0.2) is 0 Å². The number of likely N-dealkylation sites (N-methyl/N-ethyl adjacent to an activating group) is 2. The lowest BCUT2D eigenvalue weighted by molar-refractivity contribution is -0.910. The molecule has 0 bridgehead atoms. The molecule has 2 amide bonds. The van der Waals surface area contributed by atoms with Gasteiger partial charge in [0, 0.05) is 18.8 Å². The second-order valence-electron chi connectivity index (χ2n) is 7.18. The van der Waals surface area contributed by atoms with Crippen LogP contribution in [0.4, 0.5) is 5.69 Å². The van der Waals surface area contributed by atoms with Crippen molar-refractivity contribution in [2.75, 3.05) is 44.6 Å². The van der Waals surface area contributed by atoms with Gasteiger partial charge in [-0.05, 0) is 59.6 Å². The Labute approximate surface area is 159 Å². The van der Waals surface area contributed by atoms with Gasteiger partial charge < -0.3 is 14.7 Å². The molecule has 0 unspecified atom stereocenters. The highest BCUT2D eigenvalue weighted by Gasteiger charge is 2.31. The van der Waals surface area contributed by atoms with E-state index in [0.717, 1.165) is 29.9 Å². The fraction of sp³-hybridized carbons (Fsp3) is 0.619. The molecule has 26 heavy (non-hydrogen) atoms. The number of hydrogen-bond donors (Lipinski definition) is 1. The van der Waals surface area contributed by atoms with Crippen LogP contribution in [0, 0.1) is 20.8 Å². The van der Waals surface area contributed by atoms with Crippen molar-refractivity contribution in [3.63, 3.8) is 0 Å². The zero-order valence-electron chi connectivity index (χ0n) is 17.6. The van der Waals surface area contributed by atoms with E-state index in [1.165, 1.54) is 5.56 Å². The topological polar surface area (TPSA) is 49.4 Å². The molecule has 0 aliphatic rings. The van der Waals surface area contributed by atoms with Crippen LogP contribution in [0.15, 0.2) is 12.1 Å². The van der Waals surface area contributed by atoms with Crippen LogP contribution in [-0.4, -0.2) is 60.5 Å². The van der Waals surface area contributed by atoms with Crippen LogP contribution in [0.5, 0.6) is 0 Å². The fourth-order valence-corrected chi connectivity index (χ4v) is 3.55. The minimum Gasteiger partial charge on any atom is -0.338 e. The van der Waals surface area contributed by atoms with Crippen molar-refractivity contribution >= 4 is 17.5 Å². The van der Waals surface area contributed by atoms with Gasteiger partial charge in [-0.2, -0.15) is 0 Å². The summed E-state index contributed by atoms with van der Waals surface area (Å²) in [6.07, 6.45) is 0. The van der Waals surface area contributed by atoms with E-state index in [0.29, 0.717) is 30.7 Å². The molecule has 0 fully saturated rings. The van der Waals surface area contributed by atoms with E-state index in [4.69, 9.17) is 0 Å². The molecule has 0 aliphatic carbocycles. The number of anilines is 1. The minimum absolute atomic E-state index is 0.0314. The summed E-state index contributed by atoms with van der Waals surface area (Å²) >= 11 is 0. The Balaban J connectivity index is 2.93. The number of carbonyl (C=O) groups is 2. The number of aryl methyl sites for hydroxylation is 3. The van der Waals surface area contributed by atoms with E-state index in [-0.39, 0.29) is 11.8 Å². The van der Waals surface area contributed by atoms with Gasteiger partial charge in [0.05, 0.1) is 13.1 Å². The molecule has 0 atom stereocenters. The molecule has 5 nitrogen and oxygen atoms in total. The first-order chi connectivity index (χ1) is 12.2. The van der Waals surface area contributed by atoms with Gasteiger partial charge in [-0.15, -0.1) is 0 Å². The van der Waals surface area contributed by atoms with Crippen molar-refractivity contribution < 1.29 is 14.1 Å². The first-order valence-corrected chi connectivity index (χ1v) is 9.72. The van der Waals surface area contributed by atoms with Crippen molar-refractivity contribution in [1.29, 1.82) is 0 Å². The molecule has 146 valence electrons. The summed E-state index contributed by atoms with van der Waals surface area (Å²) in [6, 6.07) is 4.16. The van der Waals surface area contributed by atoms with Crippen LogP contribution >= 0.6 is 0 Å². The van der Waals surface area contributed by atoms with Crippen molar-refractivity contribution in [3.05, 3.63) is 28.8 Å². The van der Waals surface area contributed by atoms with Crippen molar-refractivity contribution in [3.8, 4) is 0 Å². The van der Waals surface area contributed by atoms with E-state index >= 15 is 0 Å². The quantitative estimate of drug-likeness (QED) is 0.686. The highest BCUT2D eigenvalue weighted by molar-refractivity contribution is 5.93. The van der Waals surface area contributed by atoms with Gasteiger partial charge in [0.25, 0.3) is 11.8 Å². The number of rotatable bonds is 9. The smallest absolute Gasteiger partial charge is 0.279 e. The van der Waals surface area contributed by atoms with Gasteiger partial charge in [0.15, 0.2) is 13.1 Å². The summed E-state index contributed by atoms with van der Waals surface area (Å²) in [7, 11) is 0. The third-order valence-electron chi connectivity index (χ3n) is 5.35. The second kappa shape index (κ2) is 9.72. The molecular weight excluding hydrogens is 326 g/mol. The Kier molecular flexibility index (Phi) is 8.28. The van der Waals surface area contributed by atoms with Crippen LogP contribution in [-0.2, 0) is 9.59 Å². The number of amides is 2. The number of quaternary nitrogens is 1. The van der Waals surface area contributed by atoms with Crippen LogP contribution in [0.1, 0.15) is 44.4 Å². The maximum Gasteiger partial charge on any atom is 0.279 e. The molecule has 0 saturated heterocycles. The van der Waals surface area contributed by atoms with Crippen molar-refractivity contribution in [2.24, 2.45) is 0 Å². The number of benzene rings is 1. The van der Waals surface area contributed by atoms with Gasteiger partial charge >= 0.3 is 0 Å². The van der Waals surface area contributed by atoms with Crippen LogP contribution < -0.4 is 5.32 Å². The van der Waals surface area contributed by atoms with Gasteiger partial charge in [-0.3, -0.25) is 9.59 Å². The van der Waals surface area contributed by atoms with Gasteiger partial charge in [0.2, 0.25) is 0 Å². The molecule has 0 aliphatic heterocycles. The molecule has 0 spiro atoms. The molecule has 5 heteroatoms. The Morgan fingerprint density at radius 2 is 1.42 bits per heavy atom. The Hall–Kier alpha value is -1.88. The molecular formula is C21H36N3O2+. The third-order valence-corrected chi connectivity index (χ3v) is 5.35. The fourth-order valence-electron chi connectivity index (χ4n) is 3.55. The predicted molar refractivity (Wildman–Crippen MR) is 108 cm³/mol. The zero-order chi connectivity index (χ0) is 19.9. The normalized spacial score (nSPS) is 11.3. The first kappa shape index (κ1) is 22.2. The average Bonchev–Trinajstić information content (AvgIpc) is 2.58. The number of hydrogen-bond acceptors (Lipinski definition) is 2. The molecule has 1 aromatic carbocycles. The molecule has 0 saturated carbocycles. The van der Waals surface area contributed by atoms with Gasteiger partial charge in [-0.1, -0.05) is 17.7 Å². The highest BCUT2D eigenvalue weighted by atomic mass is 16.2. The second-order valence-corrected chi connectivity index (χ2v) is 7.18. The zero-order valence-corrected chi connectivity index (χ0v) is 17.6. The molecule has 1 N–H and O–H groups in total. The number of nitrogens with one attached hydrogen (secondary N) is 1. The van der Waals surface area contributed by atoms with Crippen molar-refractivity contribution in [2.45, 2.75) is 48.5 Å². The lowest BCUT2D eigenvalue weighted by Crippen LogP contribution is -2.57. The maximum absolute atomic E-state index is 12.8. The van der Waals surface area contributed by atoms with Crippen molar-refractivity contribution in [1.82, 2.24) is 4.90 Å². The highest BCUT2D eigenvalue weighted by Crippen LogP contribution is 2.22. The minimum atomic E-state index is -0.0314. The molecule has 0 heterocycles. The number of nitrogens with zero attached hydrogens (tertiary/aromatic N) is 2. The SMILES string of the molecule is CCN(CC)C(=O)C[N+](CC)(CC)CC(=O)Nc1c(C)cc(C)cc1C. The standard InChI is InChI=1S/C21H35N3O2/c1-8-23(9-2)20(26)15-24(10-3,11-4)14-19(25)22-21-17(6)12-16(5)13-18(21)7/h12-13H,8-11,14-15H2,1-7H3/p+1. The van der Waals surface area contributed by atoms with Crippen LogP contribution in [0.3, 0.4) is 0 Å². The monoisotopic (exact) mass is 362 g/mol. The largest absolute Gasteiger partial charge is 0.338 e. The summed E-state index contributed by atoms with van der Waals surface area (Å²) in [6.45, 7) is 17.8. The van der Waals surface area contributed by atoms with E-state index < -0.39 is 0 Å². The summed E-state index contributed by atoms with van der Waals surface area (Å²) < 4.78 is 0.477. The van der Waals surface area contributed by atoms with Crippen LogP contribution in [0.2, 0.25) is 0 Å². The number of carbonyl (C=O) groups excluding carboxylic acids is 2.